The smallest absolute Gasteiger partial charge is 0.289 e. The van der Waals surface area contributed by atoms with Crippen molar-refractivity contribution in [3.05, 3.63) is 103 Å². The minimum absolute atomic E-state index is 0.0957. The van der Waals surface area contributed by atoms with E-state index in [1.54, 1.807) is 0 Å². The molecular weight excluding hydrogens is 574 g/mol. The number of carbonyl (C=O) groups excluding carboxylic acids is 1. The summed E-state index contributed by atoms with van der Waals surface area (Å²) in [5, 5.41) is 11.3. The number of carbonyl (C=O) groups is 1. The van der Waals surface area contributed by atoms with Gasteiger partial charge in [0.05, 0.1) is 30.5 Å². The first-order valence-corrected chi connectivity index (χ1v) is 15.8. The molecule has 0 aromatic heterocycles. The number of rotatable bonds is 13. The van der Waals surface area contributed by atoms with Gasteiger partial charge in [-0.2, -0.15) is 4.31 Å². The van der Waals surface area contributed by atoms with Crippen LogP contribution in [0, 0.1) is 44.7 Å². The monoisotopic (exact) mass is 614 g/mol. The molecule has 0 aliphatic heterocycles. The van der Waals surface area contributed by atoms with E-state index in [2.05, 4.69) is 0 Å². The van der Waals surface area contributed by atoms with Crippen molar-refractivity contribution in [1.82, 2.24) is 4.31 Å². The number of hydrogen-bond donors (Lipinski definition) is 0. The molecule has 3 aromatic rings. The molecule has 0 spiro atoms. The number of likely N-dealkylation sites (N-methyl/N-ethyl adjacent to an activating group) is 1. The van der Waals surface area contributed by atoms with Crippen LogP contribution in [0.25, 0.3) is 0 Å². The molecule has 0 aliphatic carbocycles. The molecule has 0 unspecified atom stereocenters. The number of unbranched alkanes of at least 4 members (excludes halogenated alkanes) is 1. The van der Waals surface area contributed by atoms with Gasteiger partial charge in [-0.1, -0.05) is 58.6 Å². The van der Waals surface area contributed by atoms with Crippen LogP contribution in [0.1, 0.15) is 56.6 Å². The van der Waals surface area contributed by atoms with E-state index in [4.69, 9.17) is 11.6 Å². The summed E-state index contributed by atoms with van der Waals surface area (Å²) in [6.45, 7) is 11.2. The lowest BCUT2D eigenvalue weighted by atomic mass is 9.96. The molecule has 0 N–H and O–H groups in total. The number of nitro benzene ring substituents is 1. The number of quaternary nitrogens is 1. The highest BCUT2D eigenvalue weighted by molar-refractivity contribution is 7.89. The molecular formula is C32H41ClN3O5S+. The van der Waals surface area contributed by atoms with Crippen LogP contribution in [-0.4, -0.2) is 61.6 Å². The van der Waals surface area contributed by atoms with E-state index in [1.807, 2.05) is 79.0 Å². The zero-order valence-electron chi connectivity index (χ0n) is 25.5. The quantitative estimate of drug-likeness (QED) is 0.0700. The van der Waals surface area contributed by atoms with E-state index in [0.29, 0.717) is 30.4 Å². The van der Waals surface area contributed by atoms with Crippen LogP contribution in [0.2, 0.25) is 5.02 Å². The molecule has 8 nitrogen and oxygen atoms in total. The Kier molecular flexibility index (Phi) is 10.7. The van der Waals surface area contributed by atoms with Gasteiger partial charge >= 0.3 is 0 Å². The molecule has 0 atom stereocenters. The van der Waals surface area contributed by atoms with Gasteiger partial charge in [0.2, 0.25) is 15.8 Å². The Morgan fingerprint density at radius 2 is 1.48 bits per heavy atom. The van der Waals surface area contributed by atoms with Gasteiger partial charge in [-0.05, 0) is 76.3 Å². The Balaban J connectivity index is 1.77. The molecule has 0 heterocycles. The second-order valence-electron chi connectivity index (χ2n) is 11.9. The number of nitro groups is 1. The van der Waals surface area contributed by atoms with Crippen LogP contribution in [0.4, 0.5) is 5.69 Å². The predicted octanol–water partition coefficient (Wildman–Crippen LogP) is 6.72. The third-order valence-electron chi connectivity index (χ3n) is 7.34. The van der Waals surface area contributed by atoms with E-state index < -0.39 is 20.6 Å². The van der Waals surface area contributed by atoms with Gasteiger partial charge in [0.1, 0.15) is 11.6 Å². The van der Waals surface area contributed by atoms with Gasteiger partial charge in [0, 0.05) is 24.7 Å². The van der Waals surface area contributed by atoms with Crippen LogP contribution in [0.15, 0.2) is 53.4 Å². The van der Waals surface area contributed by atoms with Crippen molar-refractivity contribution in [2.45, 2.75) is 58.9 Å². The SMILES string of the molecule is Cc1cc(C)cc(CN(CCCC[N+](C)(C)CC(=O)c2c(C)cc(C)cc2C)S(=O)(=O)c2ccc(Cl)c([N+](=O)[O-])c2)c1. The van der Waals surface area contributed by atoms with E-state index in [-0.39, 0.29) is 28.8 Å². The second kappa shape index (κ2) is 13.5. The van der Waals surface area contributed by atoms with E-state index in [9.17, 15) is 23.3 Å². The minimum Gasteiger partial charge on any atom is -0.322 e. The first-order chi connectivity index (χ1) is 19.5. The number of halogens is 1. The van der Waals surface area contributed by atoms with Gasteiger partial charge in [-0.3, -0.25) is 14.9 Å². The Morgan fingerprint density at radius 1 is 0.905 bits per heavy atom. The summed E-state index contributed by atoms with van der Waals surface area (Å²) < 4.78 is 29.4. The molecule has 3 aromatic carbocycles. The first kappa shape index (κ1) is 33.4. The summed E-state index contributed by atoms with van der Waals surface area (Å²) in [5.74, 6) is 0.0957. The van der Waals surface area contributed by atoms with Crippen molar-refractivity contribution in [2.24, 2.45) is 0 Å². The molecule has 0 saturated carbocycles. The number of Topliss-reactive ketones (excluding diaryl/α,β-unsaturated/α-hetero) is 1. The zero-order valence-corrected chi connectivity index (χ0v) is 27.1. The lowest BCUT2D eigenvalue weighted by Crippen LogP contribution is -2.45. The molecule has 226 valence electrons. The Hall–Kier alpha value is -3.11. The molecule has 42 heavy (non-hydrogen) atoms. The molecule has 0 bridgehead atoms. The fourth-order valence-electron chi connectivity index (χ4n) is 5.58. The van der Waals surface area contributed by atoms with Gasteiger partial charge in [0.25, 0.3) is 5.69 Å². The van der Waals surface area contributed by atoms with E-state index in [0.717, 1.165) is 45.0 Å². The summed E-state index contributed by atoms with van der Waals surface area (Å²) in [7, 11) is -0.0556. The summed E-state index contributed by atoms with van der Waals surface area (Å²) in [6.07, 6.45) is 1.24. The maximum absolute atomic E-state index is 13.8. The molecule has 3 rings (SSSR count). The molecule has 0 radical (unpaired) electrons. The van der Waals surface area contributed by atoms with Crippen molar-refractivity contribution in [3.8, 4) is 0 Å². The lowest BCUT2D eigenvalue weighted by molar-refractivity contribution is -0.882. The third kappa shape index (κ3) is 8.47. The van der Waals surface area contributed by atoms with Gasteiger partial charge in [-0.25, -0.2) is 8.42 Å². The van der Waals surface area contributed by atoms with Crippen LogP contribution >= 0.6 is 11.6 Å². The maximum Gasteiger partial charge on any atom is 0.289 e. The highest BCUT2D eigenvalue weighted by Gasteiger charge is 2.28. The first-order valence-electron chi connectivity index (χ1n) is 13.9. The van der Waals surface area contributed by atoms with Crippen molar-refractivity contribution < 1.29 is 22.6 Å². The summed E-state index contributed by atoms with van der Waals surface area (Å²) >= 11 is 5.95. The fraction of sp³-hybridized carbons (Fsp3) is 0.406. The predicted molar refractivity (Wildman–Crippen MR) is 168 cm³/mol. The second-order valence-corrected chi connectivity index (χ2v) is 14.3. The highest BCUT2D eigenvalue weighted by Crippen LogP contribution is 2.29. The highest BCUT2D eigenvalue weighted by atomic mass is 35.5. The number of hydrogen-bond acceptors (Lipinski definition) is 5. The van der Waals surface area contributed by atoms with Crippen LogP contribution in [0.3, 0.4) is 0 Å². The van der Waals surface area contributed by atoms with Gasteiger partial charge < -0.3 is 4.48 Å². The topological polar surface area (TPSA) is 97.6 Å². The molecule has 0 amide bonds. The standard InChI is InChI=1S/C32H41ClN3O5S/c1-22-14-23(2)18-27(17-22)20-34(42(40,41)28-10-11-29(33)30(19-28)35(38)39)12-8-9-13-36(6,7)21-31(37)32-25(4)15-24(3)16-26(32)5/h10-11,14-19H,8-9,12-13,20-21H2,1-7H3/q+1. The molecule has 0 fully saturated rings. The van der Waals surface area contributed by atoms with E-state index in [1.165, 1.54) is 16.4 Å². The Bertz CT molecular complexity index is 1560. The van der Waals surface area contributed by atoms with Crippen LogP contribution in [0.5, 0.6) is 0 Å². The van der Waals surface area contributed by atoms with Crippen molar-refractivity contribution in [2.75, 3.05) is 33.7 Å². The Labute approximate surface area is 254 Å². The largest absolute Gasteiger partial charge is 0.322 e. The average molecular weight is 615 g/mol. The Morgan fingerprint density at radius 3 is 2.05 bits per heavy atom. The van der Waals surface area contributed by atoms with Gasteiger partial charge in [-0.15, -0.1) is 0 Å². The van der Waals surface area contributed by atoms with Crippen LogP contribution in [-0.2, 0) is 16.6 Å². The average Bonchev–Trinajstić information content (AvgIpc) is 2.84. The van der Waals surface area contributed by atoms with Crippen molar-refractivity contribution >= 4 is 33.1 Å². The minimum atomic E-state index is -4.07. The maximum atomic E-state index is 13.8. The lowest BCUT2D eigenvalue weighted by Gasteiger charge is -2.30. The fourth-order valence-corrected chi connectivity index (χ4v) is 7.26. The number of aryl methyl sites for hydroxylation is 5. The molecule has 0 saturated heterocycles. The summed E-state index contributed by atoms with van der Waals surface area (Å²) in [6, 6.07) is 13.5. The number of sulfonamides is 1. The van der Waals surface area contributed by atoms with Crippen LogP contribution < -0.4 is 0 Å². The molecule has 10 heteroatoms. The van der Waals surface area contributed by atoms with Crippen molar-refractivity contribution in [3.63, 3.8) is 0 Å². The summed E-state index contributed by atoms with van der Waals surface area (Å²) in [4.78, 5) is 23.8. The van der Waals surface area contributed by atoms with E-state index >= 15 is 0 Å². The normalized spacial score (nSPS) is 12.1. The summed E-state index contributed by atoms with van der Waals surface area (Å²) in [5.41, 5.74) is 6.29. The number of nitrogens with zero attached hydrogens (tertiary/aromatic N) is 3. The third-order valence-corrected chi connectivity index (χ3v) is 9.50. The molecule has 0 aliphatic rings. The number of benzene rings is 3. The zero-order chi connectivity index (χ0) is 31.4. The number of ketones is 1. The van der Waals surface area contributed by atoms with Crippen molar-refractivity contribution in [1.29, 1.82) is 0 Å². The van der Waals surface area contributed by atoms with Gasteiger partial charge in [0.15, 0.2) is 0 Å².